The van der Waals surface area contributed by atoms with E-state index in [0.717, 1.165) is 0 Å². The highest BCUT2D eigenvalue weighted by Crippen LogP contribution is 2.38. The molecule has 20 heavy (non-hydrogen) atoms. The minimum absolute atomic E-state index is 0.0701. The summed E-state index contributed by atoms with van der Waals surface area (Å²) >= 11 is 0. The van der Waals surface area contributed by atoms with Gasteiger partial charge in [0.1, 0.15) is 6.10 Å². The van der Waals surface area contributed by atoms with Crippen molar-refractivity contribution in [1.29, 1.82) is 0 Å². The maximum absolute atomic E-state index is 12.2. The van der Waals surface area contributed by atoms with Crippen molar-refractivity contribution in [3.8, 4) is 0 Å². The van der Waals surface area contributed by atoms with Gasteiger partial charge in [-0.3, -0.25) is 4.79 Å². The van der Waals surface area contributed by atoms with Crippen LogP contribution in [0.5, 0.6) is 0 Å². The molecule has 0 saturated carbocycles. The predicted octanol–water partition coefficient (Wildman–Crippen LogP) is 2.45. The van der Waals surface area contributed by atoms with E-state index in [-0.39, 0.29) is 17.4 Å². The van der Waals surface area contributed by atoms with Crippen molar-refractivity contribution < 1.29 is 23.4 Å². The molecule has 1 unspecified atom stereocenters. The van der Waals surface area contributed by atoms with Crippen molar-refractivity contribution >= 4 is 14.1 Å². The van der Waals surface area contributed by atoms with Crippen LogP contribution in [0.15, 0.2) is 0 Å². The van der Waals surface area contributed by atoms with Crippen molar-refractivity contribution in [3.63, 3.8) is 0 Å². The highest BCUT2D eigenvalue weighted by molar-refractivity contribution is 6.74. The average molecular weight is 302 g/mol. The maximum atomic E-state index is 12.2. The lowest BCUT2D eigenvalue weighted by Gasteiger charge is -2.36. The van der Waals surface area contributed by atoms with Gasteiger partial charge in [0.15, 0.2) is 32.3 Å². The van der Waals surface area contributed by atoms with E-state index in [4.69, 9.17) is 18.6 Å². The fourth-order valence-electron chi connectivity index (χ4n) is 2.06. The molecule has 0 aromatic rings. The SMILES string of the molecule is CC1(C)OC2C(=O)[C@@H](CO[Si](C)(C)C(C)(C)C)O[C@@H]2O1. The van der Waals surface area contributed by atoms with Gasteiger partial charge in [-0.25, -0.2) is 0 Å². The van der Waals surface area contributed by atoms with Gasteiger partial charge in [0.25, 0.3) is 0 Å². The Labute approximate surface area is 122 Å². The maximum Gasteiger partial charge on any atom is 0.197 e. The van der Waals surface area contributed by atoms with Gasteiger partial charge in [-0.05, 0) is 32.0 Å². The summed E-state index contributed by atoms with van der Waals surface area (Å²) in [6.07, 6.45) is -1.78. The molecule has 2 rings (SSSR count). The zero-order valence-electron chi connectivity index (χ0n) is 13.5. The number of fused-ring (bicyclic) bond motifs is 1. The molecule has 2 saturated heterocycles. The summed E-state index contributed by atoms with van der Waals surface area (Å²) in [7, 11) is -1.88. The standard InChI is InChI=1S/C14H26O5Si/c1-13(2,3)20(6,7)16-8-9-10(15)11-12(17-9)19-14(4,5)18-11/h9,11-12H,8H2,1-7H3/t9-,11?,12-/m1/s1. The van der Waals surface area contributed by atoms with Gasteiger partial charge in [-0.1, -0.05) is 20.8 Å². The Morgan fingerprint density at radius 1 is 1.25 bits per heavy atom. The second kappa shape index (κ2) is 4.88. The van der Waals surface area contributed by atoms with Crippen molar-refractivity contribution in [2.75, 3.05) is 6.61 Å². The summed E-state index contributed by atoms with van der Waals surface area (Å²) in [4.78, 5) is 12.2. The largest absolute Gasteiger partial charge is 0.414 e. The first kappa shape index (κ1) is 16.1. The van der Waals surface area contributed by atoms with Gasteiger partial charge < -0.3 is 18.6 Å². The second-order valence-corrected chi connectivity index (χ2v) is 12.3. The molecule has 3 atom stereocenters. The van der Waals surface area contributed by atoms with Gasteiger partial charge in [-0.2, -0.15) is 0 Å². The number of carbonyl (C=O) groups is 1. The lowest BCUT2D eigenvalue weighted by Crippen LogP contribution is -2.44. The van der Waals surface area contributed by atoms with E-state index in [1.54, 1.807) is 13.8 Å². The van der Waals surface area contributed by atoms with E-state index >= 15 is 0 Å². The highest BCUT2D eigenvalue weighted by Gasteiger charge is 2.54. The zero-order valence-corrected chi connectivity index (χ0v) is 14.5. The van der Waals surface area contributed by atoms with E-state index in [1.807, 2.05) is 0 Å². The van der Waals surface area contributed by atoms with Crippen LogP contribution in [0.3, 0.4) is 0 Å². The first-order valence-corrected chi connectivity index (χ1v) is 10.0. The molecule has 6 heteroatoms. The lowest BCUT2D eigenvalue weighted by molar-refractivity contribution is -0.206. The monoisotopic (exact) mass is 302 g/mol. The summed E-state index contributed by atoms with van der Waals surface area (Å²) in [6, 6.07) is 0. The molecule has 0 spiro atoms. The average Bonchev–Trinajstić information content (AvgIpc) is 2.69. The van der Waals surface area contributed by atoms with Gasteiger partial charge in [0.2, 0.25) is 0 Å². The third-order valence-corrected chi connectivity index (χ3v) is 8.86. The Balaban J connectivity index is 1.93. The number of Topliss-reactive ketones (excluding diaryl/α,β-unsaturated/α-hetero) is 1. The van der Waals surface area contributed by atoms with Crippen LogP contribution < -0.4 is 0 Å². The molecule has 0 radical (unpaired) electrons. The van der Waals surface area contributed by atoms with Gasteiger partial charge in [0, 0.05) is 0 Å². The summed E-state index contributed by atoms with van der Waals surface area (Å²) in [6.45, 7) is 14.7. The summed E-state index contributed by atoms with van der Waals surface area (Å²) in [5, 5.41) is 0.111. The van der Waals surface area contributed by atoms with E-state index in [0.29, 0.717) is 0 Å². The van der Waals surface area contributed by atoms with Crippen molar-refractivity contribution in [2.45, 2.75) is 77.0 Å². The van der Waals surface area contributed by atoms with Crippen LogP contribution in [0, 0.1) is 0 Å². The fraction of sp³-hybridized carbons (Fsp3) is 0.929. The Morgan fingerprint density at radius 2 is 1.85 bits per heavy atom. The molecule has 0 amide bonds. The van der Waals surface area contributed by atoms with Crippen LogP contribution in [0.25, 0.3) is 0 Å². The summed E-state index contributed by atoms with van der Waals surface area (Å²) < 4.78 is 22.8. The lowest BCUT2D eigenvalue weighted by atomic mass is 10.2. The number of ether oxygens (including phenoxy) is 3. The third kappa shape index (κ3) is 2.99. The first-order valence-electron chi connectivity index (χ1n) is 7.12. The topological polar surface area (TPSA) is 54.0 Å². The molecule has 2 aliphatic heterocycles. The molecule has 0 aromatic carbocycles. The van der Waals surface area contributed by atoms with Crippen molar-refractivity contribution in [1.82, 2.24) is 0 Å². The molecule has 2 heterocycles. The molecule has 5 nitrogen and oxygen atoms in total. The van der Waals surface area contributed by atoms with Crippen LogP contribution in [-0.2, 0) is 23.4 Å². The number of hydrogen-bond acceptors (Lipinski definition) is 5. The molecule has 0 aliphatic carbocycles. The second-order valence-electron chi connectivity index (χ2n) is 7.52. The van der Waals surface area contributed by atoms with Crippen LogP contribution in [0.1, 0.15) is 34.6 Å². The molecular formula is C14H26O5Si. The van der Waals surface area contributed by atoms with Crippen molar-refractivity contribution in [3.05, 3.63) is 0 Å². The Bertz CT molecular complexity index is 399. The highest BCUT2D eigenvalue weighted by atomic mass is 28.4. The zero-order chi connectivity index (χ0) is 15.3. The number of ketones is 1. The number of rotatable bonds is 3. The van der Waals surface area contributed by atoms with Crippen LogP contribution >= 0.6 is 0 Å². The number of hydrogen-bond donors (Lipinski definition) is 0. The molecule has 0 bridgehead atoms. The Hall–Kier alpha value is -0.273. The van der Waals surface area contributed by atoms with Gasteiger partial charge in [0.05, 0.1) is 6.61 Å². The van der Waals surface area contributed by atoms with E-state index in [1.165, 1.54) is 0 Å². The minimum Gasteiger partial charge on any atom is -0.414 e. The number of carbonyl (C=O) groups excluding carboxylic acids is 1. The van der Waals surface area contributed by atoms with Crippen LogP contribution in [0.2, 0.25) is 18.1 Å². The molecule has 2 aliphatic rings. The van der Waals surface area contributed by atoms with Crippen LogP contribution in [-0.4, -0.2) is 45.0 Å². The molecule has 2 fully saturated rings. The molecule has 116 valence electrons. The summed E-state index contributed by atoms with van der Waals surface area (Å²) in [5.41, 5.74) is 0. The van der Waals surface area contributed by atoms with Crippen LogP contribution in [0.4, 0.5) is 0 Å². The van der Waals surface area contributed by atoms with E-state index in [2.05, 4.69) is 33.9 Å². The smallest absolute Gasteiger partial charge is 0.197 e. The summed E-state index contributed by atoms with van der Waals surface area (Å²) in [5.74, 6) is -0.824. The minimum atomic E-state index is -1.88. The molecule has 0 N–H and O–H groups in total. The fourth-order valence-corrected chi connectivity index (χ4v) is 3.06. The van der Waals surface area contributed by atoms with Gasteiger partial charge in [-0.15, -0.1) is 0 Å². The van der Waals surface area contributed by atoms with Gasteiger partial charge >= 0.3 is 0 Å². The third-order valence-electron chi connectivity index (χ3n) is 4.36. The predicted molar refractivity (Wildman–Crippen MR) is 76.9 cm³/mol. The van der Waals surface area contributed by atoms with E-state index in [9.17, 15) is 4.79 Å². The quantitative estimate of drug-likeness (QED) is 0.750. The van der Waals surface area contributed by atoms with Crippen molar-refractivity contribution in [2.24, 2.45) is 0 Å². The molecular weight excluding hydrogens is 276 g/mol. The molecule has 0 aromatic heterocycles. The Morgan fingerprint density at radius 3 is 2.35 bits per heavy atom. The van der Waals surface area contributed by atoms with E-state index < -0.39 is 32.6 Å². The normalized spacial score (nSPS) is 33.5. The Kier molecular flexibility index (Phi) is 3.93. The first-order chi connectivity index (χ1) is 8.93.